The standard InChI is InChI=1S/C14H18N4O3/c1-17-10-16-18(14(17)21)8-13(20)15-7-6-11-2-4-12(9-19)5-3-11/h2-5,10,19H,6-9H2,1H3,(H,15,20). The lowest BCUT2D eigenvalue weighted by atomic mass is 10.1. The van der Waals surface area contributed by atoms with Crippen LogP contribution in [0.25, 0.3) is 0 Å². The van der Waals surface area contributed by atoms with E-state index in [-0.39, 0.29) is 24.7 Å². The van der Waals surface area contributed by atoms with Gasteiger partial charge in [0.15, 0.2) is 0 Å². The van der Waals surface area contributed by atoms with E-state index >= 15 is 0 Å². The molecular formula is C14H18N4O3. The SMILES string of the molecule is Cn1cnn(CC(=O)NCCc2ccc(CO)cc2)c1=O. The molecule has 0 bridgehead atoms. The number of carbonyl (C=O) groups is 1. The molecule has 0 aliphatic carbocycles. The van der Waals surface area contributed by atoms with Crippen molar-refractivity contribution in [3.05, 3.63) is 52.2 Å². The summed E-state index contributed by atoms with van der Waals surface area (Å²) in [6, 6.07) is 7.54. The Balaban J connectivity index is 1.78. The van der Waals surface area contributed by atoms with Crippen LogP contribution in [0.15, 0.2) is 35.4 Å². The Bertz CT molecular complexity index is 658. The molecule has 2 aromatic rings. The van der Waals surface area contributed by atoms with Gasteiger partial charge in [0, 0.05) is 13.6 Å². The summed E-state index contributed by atoms with van der Waals surface area (Å²) in [5.41, 5.74) is 1.62. The summed E-state index contributed by atoms with van der Waals surface area (Å²) in [5, 5.41) is 15.5. The molecule has 112 valence electrons. The predicted octanol–water partition coefficient (Wildman–Crippen LogP) is -0.567. The van der Waals surface area contributed by atoms with E-state index in [1.807, 2.05) is 24.3 Å². The Morgan fingerprint density at radius 1 is 1.29 bits per heavy atom. The predicted molar refractivity (Wildman–Crippen MR) is 76.5 cm³/mol. The van der Waals surface area contributed by atoms with Gasteiger partial charge in [0.05, 0.1) is 6.61 Å². The lowest BCUT2D eigenvalue weighted by molar-refractivity contribution is -0.121. The summed E-state index contributed by atoms with van der Waals surface area (Å²) in [6.07, 6.45) is 2.06. The molecule has 1 aromatic heterocycles. The van der Waals surface area contributed by atoms with Crippen LogP contribution in [-0.2, 0) is 31.4 Å². The maximum atomic E-state index is 11.7. The maximum Gasteiger partial charge on any atom is 0.345 e. The summed E-state index contributed by atoms with van der Waals surface area (Å²) < 4.78 is 2.43. The number of benzene rings is 1. The van der Waals surface area contributed by atoms with E-state index in [1.54, 1.807) is 7.05 Å². The molecule has 2 rings (SSSR count). The maximum absolute atomic E-state index is 11.7. The molecule has 0 fully saturated rings. The van der Waals surface area contributed by atoms with E-state index in [0.29, 0.717) is 13.0 Å². The molecule has 0 atom stereocenters. The second kappa shape index (κ2) is 6.85. The lowest BCUT2D eigenvalue weighted by Gasteiger charge is -2.05. The van der Waals surface area contributed by atoms with Crippen molar-refractivity contribution < 1.29 is 9.90 Å². The fraction of sp³-hybridized carbons (Fsp3) is 0.357. The van der Waals surface area contributed by atoms with Crippen molar-refractivity contribution in [2.75, 3.05) is 6.54 Å². The van der Waals surface area contributed by atoms with Crippen molar-refractivity contribution >= 4 is 5.91 Å². The number of nitrogens with one attached hydrogen (secondary N) is 1. The number of aliphatic hydroxyl groups excluding tert-OH is 1. The van der Waals surface area contributed by atoms with Crippen LogP contribution in [0.2, 0.25) is 0 Å². The zero-order valence-electron chi connectivity index (χ0n) is 11.8. The van der Waals surface area contributed by atoms with Gasteiger partial charge in [-0.2, -0.15) is 5.10 Å². The van der Waals surface area contributed by atoms with Crippen LogP contribution in [0.5, 0.6) is 0 Å². The van der Waals surface area contributed by atoms with Crippen LogP contribution in [-0.4, -0.2) is 31.9 Å². The first-order valence-corrected chi connectivity index (χ1v) is 6.64. The molecule has 0 unspecified atom stereocenters. The van der Waals surface area contributed by atoms with Crippen LogP contribution < -0.4 is 11.0 Å². The fourth-order valence-corrected chi connectivity index (χ4v) is 1.88. The van der Waals surface area contributed by atoms with E-state index in [9.17, 15) is 9.59 Å². The van der Waals surface area contributed by atoms with Crippen molar-refractivity contribution in [2.45, 2.75) is 19.6 Å². The second-order valence-electron chi connectivity index (χ2n) is 4.76. The first kappa shape index (κ1) is 15.0. The molecule has 0 spiro atoms. The van der Waals surface area contributed by atoms with Gasteiger partial charge < -0.3 is 10.4 Å². The van der Waals surface area contributed by atoms with E-state index < -0.39 is 0 Å². The average Bonchev–Trinajstić information content (AvgIpc) is 2.80. The third-order valence-corrected chi connectivity index (χ3v) is 3.12. The molecule has 0 aliphatic heterocycles. The van der Waals surface area contributed by atoms with Crippen LogP contribution in [0.1, 0.15) is 11.1 Å². The number of rotatable bonds is 6. The monoisotopic (exact) mass is 290 g/mol. The van der Waals surface area contributed by atoms with Gasteiger partial charge in [0.25, 0.3) is 0 Å². The molecule has 0 saturated heterocycles. The van der Waals surface area contributed by atoms with Crippen LogP contribution in [0.3, 0.4) is 0 Å². The van der Waals surface area contributed by atoms with Gasteiger partial charge in [-0.15, -0.1) is 0 Å². The summed E-state index contributed by atoms with van der Waals surface area (Å²) in [5.74, 6) is -0.247. The van der Waals surface area contributed by atoms with Gasteiger partial charge in [-0.1, -0.05) is 24.3 Å². The van der Waals surface area contributed by atoms with Crippen LogP contribution in [0.4, 0.5) is 0 Å². The third kappa shape index (κ3) is 4.03. The van der Waals surface area contributed by atoms with Crippen LogP contribution >= 0.6 is 0 Å². The minimum absolute atomic E-state index is 0.0237. The number of aryl methyl sites for hydroxylation is 1. The summed E-state index contributed by atoms with van der Waals surface area (Å²) in [4.78, 5) is 23.2. The number of amides is 1. The summed E-state index contributed by atoms with van der Waals surface area (Å²) >= 11 is 0. The Labute approximate surface area is 121 Å². The van der Waals surface area contributed by atoms with E-state index in [0.717, 1.165) is 15.8 Å². The van der Waals surface area contributed by atoms with E-state index in [1.165, 1.54) is 10.9 Å². The van der Waals surface area contributed by atoms with Gasteiger partial charge >= 0.3 is 5.69 Å². The molecule has 1 heterocycles. The molecule has 1 aromatic carbocycles. The largest absolute Gasteiger partial charge is 0.392 e. The number of aliphatic hydroxyl groups is 1. The summed E-state index contributed by atoms with van der Waals surface area (Å²) in [7, 11) is 1.58. The first-order chi connectivity index (χ1) is 10.1. The highest BCUT2D eigenvalue weighted by molar-refractivity contribution is 5.75. The minimum Gasteiger partial charge on any atom is -0.392 e. The molecule has 0 saturated carbocycles. The summed E-state index contributed by atoms with van der Waals surface area (Å²) in [6.45, 7) is 0.428. The van der Waals surface area contributed by atoms with Gasteiger partial charge in [-0.05, 0) is 17.5 Å². The lowest BCUT2D eigenvalue weighted by Crippen LogP contribution is -2.34. The highest BCUT2D eigenvalue weighted by Gasteiger charge is 2.07. The van der Waals surface area contributed by atoms with Crippen molar-refractivity contribution in [1.29, 1.82) is 0 Å². The zero-order valence-corrected chi connectivity index (χ0v) is 11.8. The third-order valence-electron chi connectivity index (χ3n) is 3.12. The Morgan fingerprint density at radius 3 is 2.52 bits per heavy atom. The fourth-order valence-electron chi connectivity index (χ4n) is 1.88. The molecule has 1 amide bonds. The first-order valence-electron chi connectivity index (χ1n) is 6.64. The van der Waals surface area contributed by atoms with Crippen molar-refractivity contribution in [2.24, 2.45) is 7.05 Å². The average molecular weight is 290 g/mol. The molecule has 0 radical (unpaired) electrons. The highest BCUT2D eigenvalue weighted by atomic mass is 16.3. The number of carbonyl (C=O) groups excluding carboxylic acids is 1. The number of nitrogens with zero attached hydrogens (tertiary/aromatic N) is 3. The molecule has 0 aliphatic rings. The number of aromatic nitrogens is 3. The topological polar surface area (TPSA) is 89.2 Å². The minimum atomic E-state index is -0.315. The van der Waals surface area contributed by atoms with Gasteiger partial charge in [0.1, 0.15) is 12.9 Å². The van der Waals surface area contributed by atoms with Gasteiger partial charge in [-0.3, -0.25) is 9.36 Å². The Kier molecular flexibility index (Phi) is 4.89. The number of hydrogen-bond donors (Lipinski definition) is 2. The number of hydrogen-bond acceptors (Lipinski definition) is 4. The Morgan fingerprint density at radius 2 is 1.95 bits per heavy atom. The van der Waals surface area contributed by atoms with Crippen molar-refractivity contribution in [1.82, 2.24) is 19.7 Å². The Hall–Kier alpha value is -2.41. The highest BCUT2D eigenvalue weighted by Crippen LogP contribution is 2.04. The van der Waals surface area contributed by atoms with E-state index in [4.69, 9.17) is 5.11 Å². The van der Waals surface area contributed by atoms with Gasteiger partial charge in [0.2, 0.25) is 5.91 Å². The van der Waals surface area contributed by atoms with Crippen molar-refractivity contribution in [3.63, 3.8) is 0 Å². The van der Waals surface area contributed by atoms with Gasteiger partial charge in [-0.25, -0.2) is 9.48 Å². The molecular weight excluding hydrogens is 272 g/mol. The van der Waals surface area contributed by atoms with E-state index in [2.05, 4.69) is 10.4 Å². The van der Waals surface area contributed by atoms with Crippen LogP contribution in [0, 0.1) is 0 Å². The second-order valence-corrected chi connectivity index (χ2v) is 4.76. The molecule has 2 N–H and O–H groups in total. The molecule has 7 heteroatoms. The van der Waals surface area contributed by atoms with Crippen molar-refractivity contribution in [3.8, 4) is 0 Å². The normalized spacial score (nSPS) is 10.6. The zero-order chi connectivity index (χ0) is 15.2. The quantitative estimate of drug-likeness (QED) is 0.746. The smallest absolute Gasteiger partial charge is 0.345 e. The molecule has 7 nitrogen and oxygen atoms in total. The molecule has 21 heavy (non-hydrogen) atoms.